The van der Waals surface area contributed by atoms with Gasteiger partial charge in [0.15, 0.2) is 12.1 Å². The van der Waals surface area contributed by atoms with Crippen molar-refractivity contribution in [1.82, 2.24) is 0 Å². The molecule has 126 valence electrons. The van der Waals surface area contributed by atoms with Gasteiger partial charge >= 0.3 is 0 Å². The molecule has 0 aliphatic rings. The van der Waals surface area contributed by atoms with Crippen LogP contribution in [0.3, 0.4) is 0 Å². The Hall–Kier alpha value is -3.73. The molecular formula is C21H12O5. The van der Waals surface area contributed by atoms with Crippen LogP contribution in [0.15, 0.2) is 69.9 Å². The van der Waals surface area contributed by atoms with E-state index in [1.54, 1.807) is 36.4 Å². The van der Waals surface area contributed by atoms with E-state index in [0.717, 1.165) is 0 Å². The zero-order valence-electron chi connectivity index (χ0n) is 13.4. The van der Waals surface area contributed by atoms with Gasteiger partial charge < -0.3 is 9.52 Å². The Labute approximate surface area is 147 Å². The number of fused-ring (bicyclic) bond motifs is 2. The molecular weight excluding hydrogens is 332 g/mol. The van der Waals surface area contributed by atoms with Crippen LogP contribution >= 0.6 is 0 Å². The van der Waals surface area contributed by atoms with Crippen molar-refractivity contribution >= 4 is 34.0 Å². The minimum absolute atomic E-state index is 0.0916. The SMILES string of the molecule is O=Cc1cc(C(=O)c2ccccc2O)cc2c(=O)c3ccccc3oc12. The minimum Gasteiger partial charge on any atom is -0.507 e. The maximum Gasteiger partial charge on any atom is 0.200 e. The average Bonchev–Trinajstić information content (AvgIpc) is 2.67. The van der Waals surface area contributed by atoms with Gasteiger partial charge in [-0.25, -0.2) is 0 Å². The maximum atomic E-state index is 12.8. The fourth-order valence-electron chi connectivity index (χ4n) is 2.97. The Morgan fingerprint density at radius 3 is 2.46 bits per heavy atom. The molecule has 0 radical (unpaired) electrons. The number of hydrogen-bond donors (Lipinski definition) is 1. The fraction of sp³-hybridized carbons (Fsp3) is 0. The van der Waals surface area contributed by atoms with Gasteiger partial charge in [-0.1, -0.05) is 24.3 Å². The van der Waals surface area contributed by atoms with Crippen molar-refractivity contribution < 1.29 is 19.1 Å². The molecule has 5 heteroatoms. The molecule has 0 spiro atoms. The topological polar surface area (TPSA) is 84.6 Å². The van der Waals surface area contributed by atoms with Gasteiger partial charge in [0.1, 0.15) is 16.9 Å². The third kappa shape index (κ3) is 2.38. The molecule has 26 heavy (non-hydrogen) atoms. The summed E-state index contributed by atoms with van der Waals surface area (Å²) in [5.41, 5.74) is 0.504. The van der Waals surface area contributed by atoms with Crippen LogP contribution in [0.4, 0.5) is 0 Å². The summed E-state index contributed by atoms with van der Waals surface area (Å²) >= 11 is 0. The van der Waals surface area contributed by atoms with Crippen molar-refractivity contribution in [3.63, 3.8) is 0 Å². The standard InChI is InChI=1S/C21H12O5/c22-11-13-9-12(19(24)14-5-1-3-7-17(14)23)10-16-20(25)15-6-2-4-8-18(15)26-21(13)16/h1-11,23H. The summed E-state index contributed by atoms with van der Waals surface area (Å²) in [6, 6.07) is 15.6. The number of carbonyl (C=O) groups excluding carboxylic acids is 2. The molecule has 4 rings (SSSR count). The molecule has 5 nitrogen and oxygen atoms in total. The second-order valence-electron chi connectivity index (χ2n) is 5.83. The van der Waals surface area contributed by atoms with Gasteiger partial charge in [0.25, 0.3) is 0 Å². The van der Waals surface area contributed by atoms with Crippen LogP contribution in [-0.4, -0.2) is 17.2 Å². The Morgan fingerprint density at radius 1 is 0.962 bits per heavy atom. The van der Waals surface area contributed by atoms with Gasteiger partial charge in [-0.2, -0.15) is 0 Å². The van der Waals surface area contributed by atoms with Crippen molar-refractivity contribution in [2.45, 2.75) is 0 Å². The molecule has 0 aliphatic heterocycles. The molecule has 0 saturated carbocycles. The van der Waals surface area contributed by atoms with Crippen molar-refractivity contribution in [1.29, 1.82) is 0 Å². The van der Waals surface area contributed by atoms with Crippen molar-refractivity contribution in [3.05, 3.63) is 87.6 Å². The Bertz CT molecular complexity index is 1250. The molecule has 0 bridgehead atoms. The third-order valence-electron chi connectivity index (χ3n) is 4.24. The number of para-hydroxylation sites is 2. The second-order valence-corrected chi connectivity index (χ2v) is 5.83. The number of benzene rings is 3. The minimum atomic E-state index is -0.486. The van der Waals surface area contributed by atoms with Gasteiger partial charge in [-0.3, -0.25) is 14.4 Å². The molecule has 1 aromatic heterocycles. The highest BCUT2D eigenvalue weighted by Crippen LogP contribution is 2.26. The molecule has 0 atom stereocenters. The number of phenols is 1. The number of aromatic hydroxyl groups is 1. The summed E-state index contributed by atoms with van der Waals surface area (Å²) in [7, 11) is 0. The number of carbonyl (C=O) groups is 2. The summed E-state index contributed by atoms with van der Waals surface area (Å²) in [4.78, 5) is 37.1. The molecule has 1 heterocycles. The van der Waals surface area contributed by atoms with Gasteiger partial charge in [0, 0.05) is 5.56 Å². The fourth-order valence-corrected chi connectivity index (χ4v) is 2.97. The van der Waals surface area contributed by atoms with E-state index in [1.807, 2.05) is 0 Å². The lowest BCUT2D eigenvalue weighted by Gasteiger charge is -2.08. The van der Waals surface area contributed by atoms with Crippen LogP contribution < -0.4 is 5.43 Å². The molecule has 1 N–H and O–H groups in total. The van der Waals surface area contributed by atoms with E-state index >= 15 is 0 Å². The first-order valence-electron chi connectivity index (χ1n) is 7.87. The van der Waals surface area contributed by atoms with Crippen LogP contribution in [0.2, 0.25) is 0 Å². The maximum absolute atomic E-state index is 12.8. The quantitative estimate of drug-likeness (QED) is 0.348. The van der Waals surface area contributed by atoms with E-state index in [0.29, 0.717) is 17.3 Å². The molecule has 4 aromatic rings. The lowest BCUT2D eigenvalue weighted by Crippen LogP contribution is -2.08. The van der Waals surface area contributed by atoms with Gasteiger partial charge in [-0.15, -0.1) is 0 Å². The van der Waals surface area contributed by atoms with Gasteiger partial charge in [0.2, 0.25) is 5.43 Å². The van der Waals surface area contributed by atoms with E-state index in [2.05, 4.69) is 0 Å². The predicted octanol–water partition coefficient (Wildman–Crippen LogP) is 3.70. The Morgan fingerprint density at radius 2 is 1.69 bits per heavy atom. The van der Waals surface area contributed by atoms with Gasteiger partial charge in [0.05, 0.1) is 21.9 Å². The highest BCUT2D eigenvalue weighted by Gasteiger charge is 2.18. The second kappa shape index (κ2) is 5.97. The highest BCUT2D eigenvalue weighted by molar-refractivity contribution is 6.13. The van der Waals surface area contributed by atoms with Crippen LogP contribution in [0, 0.1) is 0 Å². The monoisotopic (exact) mass is 344 g/mol. The first kappa shape index (κ1) is 15.8. The van der Waals surface area contributed by atoms with Crippen LogP contribution in [0.1, 0.15) is 26.3 Å². The normalized spacial score (nSPS) is 10.9. The van der Waals surface area contributed by atoms with Crippen LogP contribution in [0.5, 0.6) is 5.75 Å². The van der Waals surface area contributed by atoms with Crippen LogP contribution in [-0.2, 0) is 0 Å². The summed E-state index contributed by atoms with van der Waals surface area (Å²) in [6.07, 6.45) is 0.543. The summed E-state index contributed by atoms with van der Waals surface area (Å²) in [5, 5.41) is 10.4. The number of rotatable bonds is 3. The molecule has 0 amide bonds. The lowest BCUT2D eigenvalue weighted by atomic mass is 9.98. The zero-order valence-corrected chi connectivity index (χ0v) is 13.4. The number of aldehydes is 1. The van der Waals surface area contributed by atoms with Gasteiger partial charge in [-0.05, 0) is 36.4 Å². The van der Waals surface area contributed by atoms with Crippen molar-refractivity contribution in [3.8, 4) is 5.75 Å². The van der Waals surface area contributed by atoms with Crippen molar-refractivity contribution in [2.24, 2.45) is 0 Å². The van der Waals surface area contributed by atoms with Crippen molar-refractivity contribution in [2.75, 3.05) is 0 Å². The largest absolute Gasteiger partial charge is 0.507 e. The van der Waals surface area contributed by atoms with E-state index in [4.69, 9.17) is 4.42 Å². The molecule has 0 saturated heterocycles. The summed E-state index contributed by atoms with van der Waals surface area (Å²) in [6.45, 7) is 0. The third-order valence-corrected chi connectivity index (χ3v) is 4.24. The van der Waals surface area contributed by atoms with E-state index in [-0.39, 0.29) is 38.8 Å². The number of hydrogen-bond acceptors (Lipinski definition) is 5. The van der Waals surface area contributed by atoms with Crippen LogP contribution in [0.25, 0.3) is 21.9 Å². The molecule has 0 fully saturated rings. The first-order valence-corrected chi connectivity index (χ1v) is 7.87. The summed E-state index contributed by atoms with van der Waals surface area (Å²) in [5.74, 6) is -0.656. The van der Waals surface area contributed by atoms with E-state index < -0.39 is 5.78 Å². The van der Waals surface area contributed by atoms with E-state index in [9.17, 15) is 19.5 Å². The van der Waals surface area contributed by atoms with E-state index in [1.165, 1.54) is 24.3 Å². The zero-order chi connectivity index (χ0) is 18.3. The first-order chi connectivity index (χ1) is 12.6. The average molecular weight is 344 g/mol. The molecule has 3 aromatic carbocycles. The molecule has 0 aliphatic carbocycles. The lowest BCUT2D eigenvalue weighted by molar-refractivity contribution is 0.103. The Balaban J connectivity index is 2.04. The Kier molecular flexibility index (Phi) is 3.62. The molecule has 0 unspecified atom stereocenters. The predicted molar refractivity (Wildman–Crippen MR) is 96.9 cm³/mol. The highest BCUT2D eigenvalue weighted by atomic mass is 16.3. The summed E-state index contributed by atoms with van der Waals surface area (Å²) < 4.78 is 5.72. The number of phenolic OH excluding ortho intramolecular Hbond substituents is 1. The smallest absolute Gasteiger partial charge is 0.200 e. The number of ketones is 1.